The van der Waals surface area contributed by atoms with Crippen molar-refractivity contribution >= 4 is 33.0 Å². The normalized spacial score (nSPS) is 16.0. The van der Waals surface area contributed by atoms with Gasteiger partial charge in [0.2, 0.25) is 5.95 Å². The van der Waals surface area contributed by atoms with Crippen molar-refractivity contribution in [3.63, 3.8) is 0 Å². The van der Waals surface area contributed by atoms with E-state index in [1.807, 2.05) is 4.72 Å². The molecule has 9 nitrogen and oxygen atoms in total. The van der Waals surface area contributed by atoms with Gasteiger partial charge in [-0.3, -0.25) is 4.72 Å². The van der Waals surface area contributed by atoms with Gasteiger partial charge in [0.15, 0.2) is 5.82 Å². The molecule has 0 unspecified atom stereocenters. The van der Waals surface area contributed by atoms with Gasteiger partial charge in [-0.15, -0.1) is 11.3 Å². The largest absolute Gasteiger partial charge is 0.378 e. The van der Waals surface area contributed by atoms with Crippen LogP contribution in [0.3, 0.4) is 0 Å². The fourth-order valence-electron chi connectivity index (χ4n) is 3.74. The van der Waals surface area contributed by atoms with Gasteiger partial charge in [0.05, 0.1) is 41.2 Å². The molecule has 1 aliphatic heterocycles. The van der Waals surface area contributed by atoms with E-state index in [0.717, 1.165) is 6.07 Å². The number of nitrogens with two attached hydrogens (primary N) is 1. The molecule has 0 aliphatic carbocycles. The van der Waals surface area contributed by atoms with E-state index in [-0.39, 0.29) is 23.2 Å². The van der Waals surface area contributed by atoms with Crippen LogP contribution >= 0.6 is 11.3 Å². The lowest BCUT2D eigenvalue weighted by molar-refractivity contribution is 0.0768. The molecule has 1 saturated heterocycles. The van der Waals surface area contributed by atoms with E-state index in [9.17, 15) is 17.2 Å². The van der Waals surface area contributed by atoms with Gasteiger partial charge in [-0.2, -0.15) is 0 Å². The lowest BCUT2D eigenvalue weighted by Crippen LogP contribution is -2.34. The molecular formula is C23H19F3N6O3S2. The lowest BCUT2D eigenvalue weighted by atomic mass is 10.1. The Balaban J connectivity index is 1.59. The predicted molar refractivity (Wildman–Crippen MR) is 132 cm³/mol. The minimum atomic E-state index is -4.65. The Hall–Kier alpha value is -3.59. The van der Waals surface area contributed by atoms with Crippen molar-refractivity contribution in [1.29, 1.82) is 0 Å². The highest BCUT2D eigenvalue weighted by atomic mass is 32.2. The molecule has 1 aliphatic rings. The maximum Gasteiger partial charge on any atom is 0.265 e. The number of hydrogen-bond donors (Lipinski definition) is 3. The minimum Gasteiger partial charge on any atom is -0.378 e. The monoisotopic (exact) mass is 548 g/mol. The second-order valence-corrected chi connectivity index (χ2v) is 10.6. The number of thiazole rings is 1. The Morgan fingerprint density at radius 2 is 1.97 bits per heavy atom. The highest BCUT2D eigenvalue weighted by molar-refractivity contribution is 7.92. The summed E-state index contributed by atoms with van der Waals surface area (Å²) in [4.78, 5) is 12.3. The van der Waals surface area contributed by atoms with Crippen molar-refractivity contribution in [2.45, 2.75) is 10.9 Å². The Morgan fingerprint density at radius 3 is 2.73 bits per heavy atom. The average molecular weight is 549 g/mol. The Kier molecular flexibility index (Phi) is 6.81. The van der Waals surface area contributed by atoms with Crippen molar-refractivity contribution < 1.29 is 26.3 Å². The van der Waals surface area contributed by atoms with E-state index in [4.69, 9.17) is 10.5 Å². The van der Waals surface area contributed by atoms with Gasteiger partial charge < -0.3 is 15.8 Å². The summed E-state index contributed by atoms with van der Waals surface area (Å²) < 4.78 is 76.6. The van der Waals surface area contributed by atoms with Crippen LogP contribution in [0, 0.1) is 17.5 Å². The van der Waals surface area contributed by atoms with Gasteiger partial charge in [-0.25, -0.2) is 36.5 Å². The fourth-order valence-corrected chi connectivity index (χ4v) is 6.00. The zero-order chi connectivity index (χ0) is 26.2. The highest BCUT2D eigenvalue weighted by Gasteiger charge is 2.27. The SMILES string of the molecule is Nc1nccc(-c2sc([C@@H]3COCCN3)nc2-c2cccc(NS(=O)(=O)c3cc(F)ccc3F)c2F)n1. The van der Waals surface area contributed by atoms with Crippen LogP contribution in [0.5, 0.6) is 0 Å². The van der Waals surface area contributed by atoms with Gasteiger partial charge in [0, 0.05) is 18.3 Å². The Bertz CT molecular complexity index is 1580. The van der Waals surface area contributed by atoms with E-state index < -0.39 is 38.1 Å². The molecule has 2 aromatic heterocycles. The third-order valence-electron chi connectivity index (χ3n) is 5.45. The van der Waals surface area contributed by atoms with Crippen LogP contribution in [0.15, 0.2) is 53.6 Å². The van der Waals surface area contributed by atoms with Crippen LogP contribution in [0.1, 0.15) is 11.0 Å². The van der Waals surface area contributed by atoms with Gasteiger partial charge in [0.25, 0.3) is 10.0 Å². The quantitative estimate of drug-likeness (QED) is 0.332. The molecule has 0 bridgehead atoms. The van der Waals surface area contributed by atoms with Crippen LogP contribution < -0.4 is 15.8 Å². The minimum absolute atomic E-state index is 0.0108. The van der Waals surface area contributed by atoms with Gasteiger partial charge in [-0.05, 0) is 36.4 Å². The van der Waals surface area contributed by atoms with Crippen molar-refractivity contribution in [3.8, 4) is 21.8 Å². The number of nitrogens with zero attached hydrogens (tertiary/aromatic N) is 3. The molecule has 3 heterocycles. The number of nitrogen functional groups attached to an aromatic ring is 1. The summed E-state index contributed by atoms with van der Waals surface area (Å²) in [5.74, 6) is -3.09. The summed E-state index contributed by atoms with van der Waals surface area (Å²) in [6, 6.07) is 7.33. The first-order valence-corrected chi connectivity index (χ1v) is 13.2. The van der Waals surface area contributed by atoms with Crippen molar-refractivity contribution in [2.24, 2.45) is 0 Å². The number of benzene rings is 2. The van der Waals surface area contributed by atoms with E-state index in [0.29, 0.717) is 47.5 Å². The molecule has 14 heteroatoms. The second-order valence-electron chi connectivity index (χ2n) is 7.96. The molecule has 37 heavy (non-hydrogen) atoms. The molecular weight excluding hydrogens is 529 g/mol. The summed E-state index contributed by atoms with van der Waals surface area (Å²) >= 11 is 1.25. The predicted octanol–water partition coefficient (Wildman–Crippen LogP) is 3.73. The summed E-state index contributed by atoms with van der Waals surface area (Å²) in [7, 11) is -4.65. The molecule has 0 radical (unpaired) electrons. The number of sulfonamides is 1. The molecule has 192 valence electrons. The maximum atomic E-state index is 15.8. The number of anilines is 2. The number of morpholine rings is 1. The van der Waals surface area contributed by atoms with Crippen LogP contribution in [0.4, 0.5) is 24.8 Å². The van der Waals surface area contributed by atoms with Gasteiger partial charge in [0.1, 0.15) is 21.5 Å². The number of halogens is 3. The van der Waals surface area contributed by atoms with Crippen LogP contribution in [-0.4, -0.2) is 43.1 Å². The van der Waals surface area contributed by atoms with Gasteiger partial charge >= 0.3 is 0 Å². The molecule has 4 N–H and O–H groups in total. The smallest absolute Gasteiger partial charge is 0.265 e. The first-order valence-electron chi connectivity index (χ1n) is 10.9. The number of hydrogen-bond acceptors (Lipinski definition) is 9. The number of rotatable bonds is 6. The van der Waals surface area contributed by atoms with Crippen molar-refractivity contribution in [1.82, 2.24) is 20.3 Å². The average Bonchev–Trinajstić information content (AvgIpc) is 3.32. The van der Waals surface area contributed by atoms with Crippen molar-refractivity contribution in [2.75, 3.05) is 30.2 Å². The Morgan fingerprint density at radius 1 is 1.14 bits per heavy atom. The number of ether oxygens (including phenoxy) is 1. The first-order chi connectivity index (χ1) is 17.7. The lowest BCUT2D eigenvalue weighted by Gasteiger charge is -2.21. The van der Waals surface area contributed by atoms with E-state index in [2.05, 4.69) is 20.3 Å². The standard InChI is InChI=1S/C23H19F3N6O3S2/c24-12-4-5-14(25)18(10-12)37(33,34)32-15-3-1-2-13(19(15)26)20-21(16-6-7-29-23(27)30-16)36-22(31-20)17-11-35-9-8-28-17/h1-7,10,17,28,32H,8-9,11H2,(H2,27,29,30)/t17-/m0/s1. The zero-order valence-electron chi connectivity index (χ0n) is 18.9. The zero-order valence-corrected chi connectivity index (χ0v) is 20.5. The molecule has 2 aromatic carbocycles. The molecule has 0 spiro atoms. The summed E-state index contributed by atoms with van der Waals surface area (Å²) in [5, 5.41) is 3.89. The van der Waals surface area contributed by atoms with Crippen LogP contribution in [-0.2, 0) is 14.8 Å². The van der Waals surface area contributed by atoms with E-state index in [1.165, 1.54) is 35.7 Å². The number of aromatic nitrogens is 3. The summed E-state index contributed by atoms with van der Waals surface area (Å²) in [5.41, 5.74) is 5.85. The van der Waals surface area contributed by atoms with Crippen LogP contribution in [0.25, 0.3) is 21.8 Å². The second kappa shape index (κ2) is 10.0. The summed E-state index contributed by atoms with van der Waals surface area (Å²) in [6.45, 7) is 1.52. The molecule has 0 amide bonds. The van der Waals surface area contributed by atoms with Crippen LogP contribution in [0.2, 0.25) is 0 Å². The first kappa shape index (κ1) is 25.1. The molecule has 1 atom stereocenters. The highest BCUT2D eigenvalue weighted by Crippen LogP contribution is 2.40. The fraction of sp³-hybridized carbons (Fsp3) is 0.174. The van der Waals surface area contributed by atoms with Crippen molar-refractivity contribution in [3.05, 3.63) is 71.1 Å². The third kappa shape index (κ3) is 5.13. The number of nitrogens with one attached hydrogen (secondary N) is 2. The van der Waals surface area contributed by atoms with E-state index in [1.54, 1.807) is 6.07 Å². The topological polar surface area (TPSA) is 132 Å². The molecule has 1 fully saturated rings. The van der Waals surface area contributed by atoms with E-state index >= 15 is 4.39 Å². The maximum absolute atomic E-state index is 15.8. The molecule has 5 rings (SSSR count). The Labute approximate surface area is 213 Å². The van der Waals surface area contributed by atoms with Gasteiger partial charge in [-0.1, -0.05) is 6.07 Å². The third-order valence-corrected chi connectivity index (χ3v) is 8.02. The molecule has 0 saturated carbocycles. The summed E-state index contributed by atoms with van der Waals surface area (Å²) in [6.07, 6.45) is 1.46. The molecule has 4 aromatic rings.